The van der Waals surface area contributed by atoms with Crippen molar-refractivity contribution in [2.45, 2.75) is 25.3 Å². The van der Waals surface area contributed by atoms with Gasteiger partial charge in [-0.3, -0.25) is 4.79 Å². The molecule has 1 saturated carbocycles. The van der Waals surface area contributed by atoms with Gasteiger partial charge in [0.05, 0.1) is 5.56 Å². The minimum Gasteiger partial charge on any atom is -0.507 e. The highest BCUT2D eigenvalue weighted by Gasteiger charge is 2.48. The van der Waals surface area contributed by atoms with E-state index in [1.165, 1.54) is 19.1 Å². The molecule has 1 fully saturated rings. The lowest BCUT2D eigenvalue weighted by Gasteiger charge is -2.26. The van der Waals surface area contributed by atoms with Crippen LogP contribution in [0.15, 0.2) is 22.7 Å². The normalized spacial score (nSPS) is 17.6. The van der Waals surface area contributed by atoms with Crippen molar-refractivity contribution in [3.8, 4) is 5.75 Å². The first-order valence-electron chi connectivity index (χ1n) is 5.89. The first kappa shape index (κ1) is 13.9. The zero-order valence-electron chi connectivity index (χ0n) is 10.3. The van der Waals surface area contributed by atoms with Crippen molar-refractivity contribution in [2.24, 2.45) is 5.92 Å². The van der Waals surface area contributed by atoms with Crippen LogP contribution in [0, 0.1) is 5.92 Å². The van der Waals surface area contributed by atoms with Gasteiger partial charge in [-0.15, -0.1) is 0 Å². The molecular formula is C13H14BrNO4. The Hall–Kier alpha value is -1.56. The number of aromatic hydroxyl groups is 1. The molecule has 1 aliphatic carbocycles. The van der Waals surface area contributed by atoms with Crippen molar-refractivity contribution in [3.63, 3.8) is 0 Å². The monoisotopic (exact) mass is 327 g/mol. The number of phenols is 1. The molecule has 2 rings (SSSR count). The van der Waals surface area contributed by atoms with Gasteiger partial charge in [0.15, 0.2) is 0 Å². The molecule has 1 aliphatic rings. The van der Waals surface area contributed by atoms with Gasteiger partial charge in [-0.2, -0.15) is 0 Å². The maximum Gasteiger partial charge on any atom is 0.329 e. The van der Waals surface area contributed by atoms with Gasteiger partial charge < -0.3 is 15.5 Å². The number of benzene rings is 1. The molecule has 0 heterocycles. The van der Waals surface area contributed by atoms with E-state index in [1.807, 2.05) is 0 Å². The molecule has 102 valence electrons. The Labute approximate surface area is 118 Å². The molecule has 0 spiro atoms. The SMILES string of the molecule is CC(NC(=O)c1ccc(Br)cc1O)(C(=O)O)C1CC1. The summed E-state index contributed by atoms with van der Waals surface area (Å²) in [5.74, 6) is -1.87. The molecule has 0 bridgehead atoms. The van der Waals surface area contributed by atoms with Gasteiger partial charge in [-0.05, 0) is 43.9 Å². The summed E-state index contributed by atoms with van der Waals surface area (Å²) in [5, 5.41) is 21.5. The van der Waals surface area contributed by atoms with Gasteiger partial charge >= 0.3 is 5.97 Å². The van der Waals surface area contributed by atoms with Crippen LogP contribution in [-0.2, 0) is 4.79 Å². The van der Waals surface area contributed by atoms with Crippen LogP contribution in [0.25, 0.3) is 0 Å². The molecule has 0 saturated heterocycles. The zero-order chi connectivity index (χ0) is 14.2. The number of aliphatic carboxylic acids is 1. The van der Waals surface area contributed by atoms with Crippen LogP contribution in [0.3, 0.4) is 0 Å². The van der Waals surface area contributed by atoms with Crippen LogP contribution in [0.1, 0.15) is 30.1 Å². The van der Waals surface area contributed by atoms with Gasteiger partial charge in [-0.25, -0.2) is 4.79 Å². The minimum atomic E-state index is -1.28. The van der Waals surface area contributed by atoms with Crippen LogP contribution in [0.5, 0.6) is 5.75 Å². The molecule has 1 aromatic carbocycles. The van der Waals surface area contributed by atoms with Crippen LogP contribution >= 0.6 is 15.9 Å². The summed E-state index contributed by atoms with van der Waals surface area (Å²) < 4.78 is 0.643. The maximum atomic E-state index is 12.1. The summed E-state index contributed by atoms with van der Waals surface area (Å²) in [6.07, 6.45) is 1.57. The number of carbonyl (C=O) groups excluding carboxylic acids is 1. The van der Waals surface area contributed by atoms with E-state index in [-0.39, 0.29) is 17.2 Å². The van der Waals surface area contributed by atoms with Crippen LogP contribution < -0.4 is 5.32 Å². The third kappa shape index (κ3) is 2.73. The molecular weight excluding hydrogens is 314 g/mol. The predicted octanol–water partition coefficient (Wildman–Crippen LogP) is 2.14. The fraction of sp³-hybridized carbons (Fsp3) is 0.385. The van der Waals surface area contributed by atoms with Crippen molar-refractivity contribution in [1.82, 2.24) is 5.32 Å². The largest absolute Gasteiger partial charge is 0.507 e. The van der Waals surface area contributed by atoms with Crippen molar-refractivity contribution in [3.05, 3.63) is 28.2 Å². The fourth-order valence-corrected chi connectivity index (χ4v) is 2.34. The number of carboxylic acids is 1. The summed E-state index contributed by atoms with van der Waals surface area (Å²) in [4.78, 5) is 23.4. The molecule has 0 radical (unpaired) electrons. The average Bonchev–Trinajstić information content (AvgIpc) is 3.11. The number of amides is 1. The molecule has 19 heavy (non-hydrogen) atoms. The standard InChI is InChI=1S/C13H14BrNO4/c1-13(12(18)19,7-2-3-7)15-11(17)9-5-4-8(14)6-10(9)16/h4-7,16H,2-3H2,1H3,(H,15,17)(H,18,19). The summed E-state index contributed by atoms with van der Waals surface area (Å²) in [6.45, 7) is 1.50. The lowest BCUT2D eigenvalue weighted by Crippen LogP contribution is -2.54. The van der Waals surface area contributed by atoms with Gasteiger partial charge in [0.2, 0.25) is 0 Å². The van der Waals surface area contributed by atoms with E-state index in [0.717, 1.165) is 12.8 Å². The Balaban J connectivity index is 2.22. The second kappa shape index (κ2) is 4.85. The molecule has 1 aromatic rings. The number of hydrogen-bond acceptors (Lipinski definition) is 3. The van der Waals surface area contributed by atoms with Crippen LogP contribution in [0.4, 0.5) is 0 Å². The van der Waals surface area contributed by atoms with E-state index in [4.69, 9.17) is 0 Å². The highest BCUT2D eigenvalue weighted by molar-refractivity contribution is 9.10. The third-order valence-electron chi connectivity index (χ3n) is 3.42. The molecule has 5 nitrogen and oxygen atoms in total. The van der Waals surface area contributed by atoms with Crippen LogP contribution in [-0.4, -0.2) is 27.6 Å². The third-order valence-corrected chi connectivity index (χ3v) is 3.91. The number of rotatable bonds is 4. The highest BCUT2D eigenvalue weighted by atomic mass is 79.9. The van der Waals surface area contributed by atoms with Crippen molar-refractivity contribution >= 4 is 27.8 Å². The van der Waals surface area contributed by atoms with Gasteiger partial charge in [0.25, 0.3) is 5.91 Å². The topological polar surface area (TPSA) is 86.6 Å². The first-order chi connectivity index (χ1) is 8.84. The molecule has 0 aliphatic heterocycles. The Morgan fingerprint density at radius 1 is 1.42 bits per heavy atom. The summed E-state index contributed by atoms with van der Waals surface area (Å²) in [7, 11) is 0. The molecule has 1 unspecified atom stereocenters. The van der Waals surface area contributed by atoms with E-state index in [0.29, 0.717) is 4.47 Å². The molecule has 3 N–H and O–H groups in total. The number of phenolic OH excluding ortho intramolecular Hbond substituents is 1. The average molecular weight is 328 g/mol. The second-order valence-corrected chi connectivity index (χ2v) is 5.81. The van der Waals surface area contributed by atoms with Crippen molar-refractivity contribution < 1.29 is 19.8 Å². The van der Waals surface area contributed by atoms with E-state index in [9.17, 15) is 19.8 Å². The fourth-order valence-electron chi connectivity index (χ4n) is 1.99. The summed E-state index contributed by atoms with van der Waals surface area (Å²) >= 11 is 3.18. The van der Waals surface area contributed by atoms with Gasteiger partial charge in [0.1, 0.15) is 11.3 Å². The van der Waals surface area contributed by atoms with Crippen molar-refractivity contribution in [1.29, 1.82) is 0 Å². The Bertz CT molecular complexity index is 541. The highest BCUT2D eigenvalue weighted by Crippen LogP contribution is 2.40. The predicted molar refractivity (Wildman–Crippen MR) is 72.0 cm³/mol. The molecule has 0 aromatic heterocycles. The van der Waals surface area contributed by atoms with Gasteiger partial charge in [-0.1, -0.05) is 15.9 Å². The Kier molecular flexibility index (Phi) is 3.54. The summed E-state index contributed by atoms with van der Waals surface area (Å²) in [5.41, 5.74) is -1.22. The summed E-state index contributed by atoms with van der Waals surface area (Å²) in [6, 6.07) is 4.46. The van der Waals surface area contributed by atoms with E-state index < -0.39 is 17.4 Å². The quantitative estimate of drug-likeness (QED) is 0.790. The lowest BCUT2D eigenvalue weighted by molar-refractivity contribution is -0.144. The van der Waals surface area contributed by atoms with E-state index in [2.05, 4.69) is 21.2 Å². The van der Waals surface area contributed by atoms with Crippen LogP contribution in [0.2, 0.25) is 0 Å². The molecule has 6 heteroatoms. The Morgan fingerprint density at radius 2 is 2.05 bits per heavy atom. The number of hydrogen-bond donors (Lipinski definition) is 3. The zero-order valence-corrected chi connectivity index (χ0v) is 11.9. The van der Waals surface area contributed by atoms with E-state index >= 15 is 0 Å². The Morgan fingerprint density at radius 3 is 2.53 bits per heavy atom. The number of halogens is 1. The van der Waals surface area contributed by atoms with Crippen molar-refractivity contribution in [2.75, 3.05) is 0 Å². The van der Waals surface area contributed by atoms with E-state index in [1.54, 1.807) is 6.07 Å². The second-order valence-electron chi connectivity index (χ2n) is 4.90. The minimum absolute atomic E-state index is 0.0495. The van der Waals surface area contributed by atoms with Gasteiger partial charge in [0, 0.05) is 4.47 Å². The number of nitrogens with one attached hydrogen (secondary N) is 1. The smallest absolute Gasteiger partial charge is 0.329 e. The first-order valence-corrected chi connectivity index (χ1v) is 6.68. The molecule has 1 atom stereocenters. The molecule has 1 amide bonds. The maximum absolute atomic E-state index is 12.1. The number of carboxylic acid groups (broad SMARTS) is 1. The number of carbonyl (C=O) groups is 2. The lowest BCUT2D eigenvalue weighted by atomic mass is 9.95.